The molecular formula is C2H16N4O2Pt. The van der Waals surface area contributed by atoms with E-state index in [1.54, 1.807) is 0 Å². The minimum absolute atomic E-state index is 0. The average molecular weight is 323 g/mol. The van der Waals surface area contributed by atoms with Crippen LogP contribution >= 0.6 is 0 Å². The molecule has 0 aromatic rings. The Kier molecular flexibility index (Phi) is 310. The number of aliphatic carboxylic acids is 1. The van der Waals surface area contributed by atoms with Crippen molar-refractivity contribution in [3.8, 4) is 0 Å². The van der Waals surface area contributed by atoms with Gasteiger partial charge in [0.1, 0.15) is 0 Å². The Labute approximate surface area is 69.0 Å². The smallest absolute Gasteiger partial charge is 0.300 e. The summed E-state index contributed by atoms with van der Waals surface area (Å²) >= 11 is 0. The molecule has 0 bridgehead atoms. The van der Waals surface area contributed by atoms with Gasteiger partial charge in [0.25, 0.3) is 5.97 Å². The molecule has 0 saturated heterocycles. The SMILES string of the molecule is CC(=O)O.N.N.N.N.[Pt]. The van der Waals surface area contributed by atoms with Crippen molar-refractivity contribution < 1.29 is 31.0 Å². The summed E-state index contributed by atoms with van der Waals surface area (Å²) in [5, 5.41) is 7.42. The third-order valence-electron chi connectivity index (χ3n) is 0. The van der Waals surface area contributed by atoms with Gasteiger partial charge in [-0.15, -0.1) is 0 Å². The molecule has 13 N–H and O–H groups in total. The van der Waals surface area contributed by atoms with E-state index in [0.29, 0.717) is 0 Å². The Hall–Kier alpha value is -0.00169. The van der Waals surface area contributed by atoms with E-state index in [4.69, 9.17) is 9.90 Å². The molecule has 0 aromatic carbocycles. The maximum Gasteiger partial charge on any atom is 0.300 e. The normalized spacial score (nSPS) is 2.78. The molecule has 0 rings (SSSR count). The van der Waals surface area contributed by atoms with Crippen molar-refractivity contribution in [3.05, 3.63) is 0 Å². The molecule has 9 heavy (non-hydrogen) atoms. The van der Waals surface area contributed by atoms with Crippen LogP contribution in [0.5, 0.6) is 0 Å². The summed E-state index contributed by atoms with van der Waals surface area (Å²) in [6.45, 7) is 1.08. The van der Waals surface area contributed by atoms with Crippen LogP contribution in [0.2, 0.25) is 0 Å². The van der Waals surface area contributed by atoms with E-state index >= 15 is 0 Å². The van der Waals surface area contributed by atoms with E-state index in [9.17, 15) is 0 Å². The summed E-state index contributed by atoms with van der Waals surface area (Å²) in [7, 11) is 0. The second kappa shape index (κ2) is 43.6. The van der Waals surface area contributed by atoms with Crippen molar-refractivity contribution in [2.45, 2.75) is 6.92 Å². The molecule has 0 fully saturated rings. The first-order valence-corrected chi connectivity index (χ1v) is 0.928. The molecule has 0 heterocycles. The zero-order chi connectivity index (χ0) is 3.58. The van der Waals surface area contributed by atoms with Gasteiger partial charge in [-0.05, 0) is 0 Å². The first-order chi connectivity index (χ1) is 1.73. The maximum absolute atomic E-state index is 9.00. The summed E-state index contributed by atoms with van der Waals surface area (Å²) in [5.41, 5.74) is 0. The fourth-order valence-electron chi connectivity index (χ4n) is 0. The second-order valence-electron chi connectivity index (χ2n) is 0.519. The quantitative estimate of drug-likeness (QED) is 0.438. The van der Waals surface area contributed by atoms with Crippen LogP contribution in [-0.4, -0.2) is 11.1 Å². The number of carboxylic acids is 1. The van der Waals surface area contributed by atoms with Crippen molar-refractivity contribution in [3.63, 3.8) is 0 Å². The van der Waals surface area contributed by atoms with Gasteiger partial charge in [0, 0.05) is 28.0 Å². The number of carbonyl (C=O) groups is 1. The predicted octanol–water partition coefficient (Wildman–Crippen LogP) is 0.736. The Morgan fingerprint density at radius 3 is 1.11 bits per heavy atom. The Balaban J connectivity index is -0.00000000450. The largest absolute Gasteiger partial charge is 0.481 e. The van der Waals surface area contributed by atoms with E-state index in [1.165, 1.54) is 0 Å². The zero-order valence-corrected chi connectivity index (χ0v) is 7.77. The molecular weight excluding hydrogens is 307 g/mol. The van der Waals surface area contributed by atoms with Gasteiger partial charge < -0.3 is 29.7 Å². The molecule has 6 nitrogen and oxygen atoms in total. The molecule has 66 valence electrons. The van der Waals surface area contributed by atoms with E-state index in [0.717, 1.165) is 6.92 Å². The number of hydrogen-bond donors (Lipinski definition) is 5. The van der Waals surface area contributed by atoms with Crippen LogP contribution in [-0.2, 0) is 25.9 Å². The van der Waals surface area contributed by atoms with Crippen LogP contribution in [0.25, 0.3) is 0 Å². The van der Waals surface area contributed by atoms with Gasteiger partial charge in [-0.3, -0.25) is 4.79 Å². The molecule has 0 atom stereocenters. The van der Waals surface area contributed by atoms with Crippen LogP contribution < -0.4 is 24.6 Å². The predicted molar refractivity (Wildman–Crippen MR) is 33.4 cm³/mol. The Morgan fingerprint density at radius 2 is 1.11 bits per heavy atom. The van der Waals surface area contributed by atoms with Gasteiger partial charge in [0.05, 0.1) is 0 Å². The van der Waals surface area contributed by atoms with Gasteiger partial charge in [-0.25, -0.2) is 0 Å². The Morgan fingerprint density at radius 1 is 1.11 bits per heavy atom. The summed E-state index contributed by atoms with van der Waals surface area (Å²) in [6.07, 6.45) is 0. The first-order valence-electron chi connectivity index (χ1n) is 0.928. The average Bonchev–Trinajstić information content (AvgIpc) is 0.811. The number of rotatable bonds is 0. The molecule has 0 aliphatic rings. The van der Waals surface area contributed by atoms with Crippen LogP contribution in [0.3, 0.4) is 0 Å². The third-order valence-corrected chi connectivity index (χ3v) is 0. The van der Waals surface area contributed by atoms with Crippen LogP contribution in [0.15, 0.2) is 0 Å². The molecule has 0 radical (unpaired) electrons. The monoisotopic (exact) mass is 323 g/mol. The van der Waals surface area contributed by atoms with Crippen molar-refractivity contribution in [1.29, 1.82) is 0 Å². The maximum atomic E-state index is 9.00. The van der Waals surface area contributed by atoms with Gasteiger partial charge >= 0.3 is 0 Å². The first kappa shape index (κ1) is 64.0. The number of carboxylic acid groups (broad SMARTS) is 1. The molecule has 0 amide bonds. The molecule has 0 aliphatic carbocycles. The molecule has 0 saturated carbocycles. The van der Waals surface area contributed by atoms with Crippen molar-refractivity contribution in [2.24, 2.45) is 0 Å². The number of hydrogen-bond acceptors (Lipinski definition) is 5. The van der Waals surface area contributed by atoms with Gasteiger partial charge in [0.2, 0.25) is 0 Å². The van der Waals surface area contributed by atoms with Crippen molar-refractivity contribution >= 4 is 5.97 Å². The summed E-state index contributed by atoms with van der Waals surface area (Å²) in [4.78, 5) is 9.00. The fraction of sp³-hybridized carbons (Fsp3) is 0.500. The van der Waals surface area contributed by atoms with E-state index in [2.05, 4.69) is 0 Å². The van der Waals surface area contributed by atoms with Crippen molar-refractivity contribution in [1.82, 2.24) is 24.6 Å². The molecule has 0 aromatic heterocycles. The molecule has 0 aliphatic heterocycles. The van der Waals surface area contributed by atoms with E-state index < -0.39 is 5.97 Å². The summed E-state index contributed by atoms with van der Waals surface area (Å²) in [5.74, 6) is -0.833. The molecule has 0 spiro atoms. The van der Waals surface area contributed by atoms with Gasteiger partial charge in [-0.2, -0.15) is 0 Å². The zero-order valence-electron chi connectivity index (χ0n) is 5.50. The van der Waals surface area contributed by atoms with Crippen molar-refractivity contribution in [2.75, 3.05) is 0 Å². The minimum Gasteiger partial charge on any atom is -0.481 e. The van der Waals surface area contributed by atoms with Gasteiger partial charge in [-0.1, -0.05) is 0 Å². The van der Waals surface area contributed by atoms with Crippen LogP contribution in [0.4, 0.5) is 0 Å². The molecule has 0 unspecified atom stereocenters. The molecule has 7 heteroatoms. The fourth-order valence-corrected chi connectivity index (χ4v) is 0. The van der Waals surface area contributed by atoms with E-state index in [1.807, 2.05) is 0 Å². The van der Waals surface area contributed by atoms with Gasteiger partial charge in [0.15, 0.2) is 0 Å². The van der Waals surface area contributed by atoms with Crippen LogP contribution in [0.1, 0.15) is 6.92 Å². The summed E-state index contributed by atoms with van der Waals surface area (Å²) in [6, 6.07) is 0. The minimum atomic E-state index is -0.833. The topological polar surface area (TPSA) is 177 Å². The standard InChI is InChI=1S/C2H4O2.4H3N.Pt/c1-2(3)4;;;;;/h1H3,(H,3,4);4*1H3;. The Bertz CT molecular complexity index is 39.5. The summed E-state index contributed by atoms with van der Waals surface area (Å²) < 4.78 is 0. The van der Waals surface area contributed by atoms with E-state index in [-0.39, 0.29) is 45.7 Å². The van der Waals surface area contributed by atoms with Crippen LogP contribution in [0, 0.1) is 0 Å². The second-order valence-corrected chi connectivity index (χ2v) is 0.519. The third kappa shape index (κ3) is 101000000.